The average Bonchev–Trinajstić information content (AvgIpc) is 2.74. The van der Waals surface area contributed by atoms with Gasteiger partial charge >= 0.3 is 0 Å². The topological polar surface area (TPSA) is 34.4 Å². The van der Waals surface area contributed by atoms with Crippen molar-refractivity contribution in [2.45, 2.75) is 13.5 Å². The lowest BCUT2D eigenvalue weighted by Gasteiger charge is -2.07. The number of nitrogens with zero attached hydrogens (tertiary/aromatic N) is 1. The number of fused-ring (bicyclic) bond motifs is 1. The molecule has 1 N–H and O–H groups in total. The summed E-state index contributed by atoms with van der Waals surface area (Å²) in [6, 6.07) is 13.4. The first-order valence-electron chi connectivity index (χ1n) is 6.60. The molecule has 1 heterocycles. The van der Waals surface area contributed by atoms with E-state index in [0.717, 1.165) is 5.56 Å². The van der Waals surface area contributed by atoms with Gasteiger partial charge in [0.2, 0.25) is 0 Å². The van der Waals surface area contributed by atoms with Gasteiger partial charge in [0.1, 0.15) is 6.61 Å². The predicted molar refractivity (Wildman–Crippen MR) is 80.1 cm³/mol. The molecule has 0 fully saturated rings. The van der Waals surface area contributed by atoms with Gasteiger partial charge in [-0.05, 0) is 31.2 Å². The highest BCUT2D eigenvalue weighted by Crippen LogP contribution is 2.27. The van der Waals surface area contributed by atoms with E-state index in [-0.39, 0.29) is 5.75 Å². The molecule has 0 saturated carbocycles. The maximum Gasteiger partial charge on any atom is 0.161 e. The van der Waals surface area contributed by atoms with Crippen LogP contribution in [0.1, 0.15) is 11.1 Å². The maximum absolute atomic E-state index is 9.72. The zero-order chi connectivity index (χ0) is 14.1. The van der Waals surface area contributed by atoms with Gasteiger partial charge in [-0.1, -0.05) is 23.8 Å². The van der Waals surface area contributed by atoms with Crippen LogP contribution in [0, 0.1) is 6.92 Å². The summed E-state index contributed by atoms with van der Waals surface area (Å²) >= 11 is 0. The van der Waals surface area contributed by atoms with Gasteiger partial charge in [0.25, 0.3) is 0 Å². The molecule has 3 rings (SSSR count). The molecule has 0 bridgehead atoms. The van der Waals surface area contributed by atoms with E-state index < -0.39 is 0 Å². The largest absolute Gasteiger partial charge is 0.504 e. The Bertz CT molecular complexity index is 759. The fourth-order valence-electron chi connectivity index (χ4n) is 2.44. The molecule has 3 heteroatoms. The minimum Gasteiger partial charge on any atom is -0.504 e. The van der Waals surface area contributed by atoms with Crippen LogP contribution in [0.4, 0.5) is 0 Å². The lowest BCUT2D eigenvalue weighted by molar-refractivity contribution is 0.290. The number of benzene rings is 2. The van der Waals surface area contributed by atoms with E-state index >= 15 is 0 Å². The zero-order valence-corrected chi connectivity index (χ0v) is 11.6. The maximum atomic E-state index is 9.72. The molecule has 102 valence electrons. The highest BCUT2D eigenvalue weighted by molar-refractivity contribution is 5.84. The Morgan fingerprint density at radius 2 is 1.95 bits per heavy atom. The number of rotatable bonds is 3. The number of aryl methyl sites for hydroxylation is 2. The minimum atomic E-state index is 0.170. The zero-order valence-electron chi connectivity index (χ0n) is 11.6. The molecular formula is C17H17NO2. The van der Waals surface area contributed by atoms with Crippen molar-refractivity contribution in [2.75, 3.05) is 0 Å². The Labute approximate surface area is 118 Å². The normalized spacial score (nSPS) is 10.9. The molecule has 3 nitrogen and oxygen atoms in total. The molecule has 2 aromatic carbocycles. The van der Waals surface area contributed by atoms with Crippen LogP contribution in [-0.2, 0) is 13.7 Å². The summed E-state index contributed by atoms with van der Waals surface area (Å²) in [4.78, 5) is 0. The van der Waals surface area contributed by atoms with Crippen LogP contribution in [-0.4, -0.2) is 9.67 Å². The molecule has 0 aliphatic heterocycles. The quantitative estimate of drug-likeness (QED) is 0.783. The molecule has 3 aromatic rings. The minimum absolute atomic E-state index is 0.170. The molecule has 0 saturated heterocycles. The second kappa shape index (κ2) is 4.93. The molecule has 0 aliphatic rings. The average molecular weight is 267 g/mol. The van der Waals surface area contributed by atoms with E-state index in [2.05, 4.69) is 35.9 Å². The first-order valence-corrected chi connectivity index (χ1v) is 6.60. The lowest BCUT2D eigenvalue weighted by Crippen LogP contribution is -1.94. The number of hydrogen-bond donors (Lipinski definition) is 1. The van der Waals surface area contributed by atoms with Crippen LogP contribution >= 0.6 is 0 Å². The van der Waals surface area contributed by atoms with Gasteiger partial charge in [-0.25, -0.2) is 0 Å². The number of phenolic OH excluding ortho intramolecular Hbond substituents is 1. The third kappa shape index (κ3) is 2.23. The van der Waals surface area contributed by atoms with Crippen molar-refractivity contribution in [3.63, 3.8) is 0 Å². The molecule has 0 unspecified atom stereocenters. The summed E-state index contributed by atoms with van der Waals surface area (Å²) in [6.45, 7) is 2.53. The van der Waals surface area contributed by atoms with Gasteiger partial charge in [-0.2, -0.15) is 0 Å². The van der Waals surface area contributed by atoms with Gasteiger partial charge in [-0.15, -0.1) is 0 Å². The van der Waals surface area contributed by atoms with Crippen molar-refractivity contribution in [2.24, 2.45) is 7.05 Å². The van der Waals surface area contributed by atoms with E-state index in [1.165, 1.54) is 16.5 Å². The molecule has 0 amide bonds. The Hall–Kier alpha value is -2.42. The first kappa shape index (κ1) is 12.6. The Morgan fingerprint density at radius 1 is 1.15 bits per heavy atom. The van der Waals surface area contributed by atoms with Crippen LogP contribution in [0.5, 0.6) is 11.5 Å². The van der Waals surface area contributed by atoms with Crippen LogP contribution in [0.15, 0.2) is 48.7 Å². The molecule has 1 aromatic heterocycles. The second-order valence-corrected chi connectivity index (χ2v) is 5.04. The number of ether oxygens (including phenoxy) is 1. The van der Waals surface area contributed by atoms with E-state index in [1.807, 2.05) is 13.1 Å². The van der Waals surface area contributed by atoms with Gasteiger partial charge in [0, 0.05) is 29.7 Å². The second-order valence-electron chi connectivity index (χ2n) is 5.04. The first-order chi connectivity index (χ1) is 9.65. The summed E-state index contributed by atoms with van der Waals surface area (Å²) in [5.41, 5.74) is 3.54. The van der Waals surface area contributed by atoms with Crippen LogP contribution in [0.2, 0.25) is 0 Å². The van der Waals surface area contributed by atoms with Crippen LogP contribution in [0.3, 0.4) is 0 Å². The fraction of sp³-hybridized carbons (Fsp3) is 0.176. The van der Waals surface area contributed by atoms with E-state index in [4.69, 9.17) is 4.74 Å². The highest BCUT2D eigenvalue weighted by atomic mass is 16.5. The molecule has 0 atom stereocenters. The smallest absolute Gasteiger partial charge is 0.161 e. The summed E-state index contributed by atoms with van der Waals surface area (Å²) in [7, 11) is 2.03. The van der Waals surface area contributed by atoms with Gasteiger partial charge in [0.05, 0.1) is 0 Å². The Balaban J connectivity index is 1.92. The fourth-order valence-corrected chi connectivity index (χ4v) is 2.44. The van der Waals surface area contributed by atoms with Crippen molar-refractivity contribution in [3.05, 3.63) is 59.8 Å². The van der Waals surface area contributed by atoms with Crippen LogP contribution < -0.4 is 4.74 Å². The van der Waals surface area contributed by atoms with E-state index in [9.17, 15) is 5.11 Å². The van der Waals surface area contributed by atoms with Crippen LogP contribution in [0.25, 0.3) is 10.9 Å². The summed E-state index contributed by atoms with van der Waals surface area (Å²) in [5, 5.41) is 10.9. The number of hydrogen-bond acceptors (Lipinski definition) is 2. The standard InChI is InChI=1S/C17H17NO2/c1-12-7-8-15-14(9-12)13(10-18(15)2)11-20-17-6-4-3-5-16(17)19/h3-10,19H,11H2,1-2H3. The molecule has 0 radical (unpaired) electrons. The number of aromatic hydroxyl groups is 1. The monoisotopic (exact) mass is 267 g/mol. The summed E-state index contributed by atoms with van der Waals surface area (Å²) in [5.74, 6) is 0.682. The number of aromatic nitrogens is 1. The highest BCUT2D eigenvalue weighted by Gasteiger charge is 2.08. The van der Waals surface area contributed by atoms with E-state index in [1.54, 1.807) is 18.2 Å². The third-order valence-corrected chi connectivity index (χ3v) is 3.48. The van der Waals surface area contributed by atoms with Gasteiger partial charge in [0.15, 0.2) is 11.5 Å². The molecule has 20 heavy (non-hydrogen) atoms. The molecule has 0 spiro atoms. The van der Waals surface area contributed by atoms with Gasteiger partial charge in [-0.3, -0.25) is 0 Å². The Morgan fingerprint density at radius 3 is 2.75 bits per heavy atom. The van der Waals surface area contributed by atoms with Crippen molar-refractivity contribution in [3.8, 4) is 11.5 Å². The van der Waals surface area contributed by atoms with Crippen molar-refractivity contribution in [1.29, 1.82) is 0 Å². The lowest BCUT2D eigenvalue weighted by atomic mass is 10.1. The number of para-hydroxylation sites is 2. The van der Waals surface area contributed by atoms with Crippen molar-refractivity contribution >= 4 is 10.9 Å². The number of phenols is 1. The third-order valence-electron chi connectivity index (χ3n) is 3.48. The summed E-state index contributed by atoms with van der Waals surface area (Å²) in [6.07, 6.45) is 2.07. The molecule has 0 aliphatic carbocycles. The summed E-state index contributed by atoms with van der Waals surface area (Å²) < 4.78 is 7.82. The SMILES string of the molecule is Cc1ccc2c(c1)c(COc1ccccc1O)cn2C. The van der Waals surface area contributed by atoms with Gasteiger partial charge < -0.3 is 14.4 Å². The molecular weight excluding hydrogens is 250 g/mol. The van der Waals surface area contributed by atoms with Crippen molar-refractivity contribution in [1.82, 2.24) is 4.57 Å². The Kier molecular flexibility index (Phi) is 3.11. The predicted octanol–water partition coefficient (Wildman–Crippen LogP) is 3.77. The van der Waals surface area contributed by atoms with Crippen molar-refractivity contribution < 1.29 is 9.84 Å². The van der Waals surface area contributed by atoms with E-state index in [0.29, 0.717) is 12.4 Å².